The molecule has 1 aliphatic rings. The van der Waals surface area contributed by atoms with Gasteiger partial charge in [0.2, 0.25) is 5.91 Å². The molecule has 0 atom stereocenters. The molecule has 0 aliphatic heterocycles. The topological polar surface area (TPSA) is 29.1 Å². The Balaban J connectivity index is 1.94. The zero-order valence-corrected chi connectivity index (χ0v) is 7.49. The molecule has 0 aromatic heterocycles. The summed E-state index contributed by atoms with van der Waals surface area (Å²) in [5.41, 5.74) is 0. The van der Waals surface area contributed by atoms with Crippen molar-refractivity contribution in [3.8, 4) is 0 Å². The molecule has 3 heteroatoms. The van der Waals surface area contributed by atoms with Gasteiger partial charge in [0.1, 0.15) is 0 Å². The number of carbonyl (C=O) groups is 1. The Morgan fingerprint density at radius 2 is 2.30 bits per heavy atom. The van der Waals surface area contributed by atoms with Crippen LogP contribution in [0.1, 0.15) is 19.3 Å². The lowest BCUT2D eigenvalue weighted by Crippen LogP contribution is -2.25. The number of carbonyl (C=O) groups excluding carboxylic acids is 1. The molecular formula is C7H12BrNO. The largest absolute Gasteiger partial charge is 0.356 e. The fourth-order valence-electron chi connectivity index (χ4n) is 0.754. The first-order valence-electron chi connectivity index (χ1n) is 3.65. The molecule has 0 heterocycles. The van der Waals surface area contributed by atoms with Gasteiger partial charge in [0.05, 0.1) is 0 Å². The van der Waals surface area contributed by atoms with Gasteiger partial charge in [0.25, 0.3) is 0 Å². The Morgan fingerprint density at radius 3 is 2.80 bits per heavy atom. The molecule has 0 aromatic rings. The standard InChI is InChI=1S/C7H12BrNO/c8-4-3-7(10)9-5-6-1-2-6/h6H,1-5H2,(H,9,10). The van der Waals surface area contributed by atoms with E-state index in [4.69, 9.17) is 0 Å². The summed E-state index contributed by atoms with van der Waals surface area (Å²) in [5.74, 6) is 0.961. The van der Waals surface area contributed by atoms with Crippen LogP contribution in [0.4, 0.5) is 0 Å². The molecule has 1 aliphatic carbocycles. The van der Waals surface area contributed by atoms with Crippen molar-refractivity contribution in [3.63, 3.8) is 0 Å². The second-order valence-electron chi connectivity index (χ2n) is 2.69. The molecule has 0 aromatic carbocycles. The third kappa shape index (κ3) is 3.20. The normalized spacial score (nSPS) is 16.9. The fourth-order valence-corrected chi connectivity index (χ4v) is 1.11. The lowest BCUT2D eigenvalue weighted by Gasteiger charge is -2.00. The van der Waals surface area contributed by atoms with Gasteiger partial charge in [-0.1, -0.05) is 15.9 Å². The van der Waals surface area contributed by atoms with Crippen LogP contribution in [0.25, 0.3) is 0 Å². The number of rotatable bonds is 4. The number of amides is 1. The molecule has 0 radical (unpaired) electrons. The summed E-state index contributed by atoms with van der Waals surface area (Å²) in [6.07, 6.45) is 3.20. The van der Waals surface area contributed by atoms with Gasteiger partial charge in [0.15, 0.2) is 0 Å². The van der Waals surface area contributed by atoms with Crippen LogP contribution in [-0.2, 0) is 4.79 Å². The van der Waals surface area contributed by atoms with Gasteiger partial charge in [-0.3, -0.25) is 4.79 Å². The van der Waals surface area contributed by atoms with E-state index in [-0.39, 0.29) is 5.91 Å². The number of halogens is 1. The maximum atomic E-state index is 10.8. The molecule has 1 saturated carbocycles. The van der Waals surface area contributed by atoms with Gasteiger partial charge in [-0.15, -0.1) is 0 Å². The molecule has 1 amide bonds. The Bertz CT molecular complexity index is 123. The lowest BCUT2D eigenvalue weighted by atomic mass is 10.4. The van der Waals surface area contributed by atoms with Crippen molar-refractivity contribution in [2.24, 2.45) is 5.92 Å². The molecule has 1 fully saturated rings. The van der Waals surface area contributed by atoms with Gasteiger partial charge in [-0.05, 0) is 18.8 Å². The highest BCUT2D eigenvalue weighted by molar-refractivity contribution is 9.09. The van der Waals surface area contributed by atoms with Gasteiger partial charge < -0.3 is 5.32 Å². The Kier molecular flexibility index (Phi) is 3.19. The summed E-state index contributed by atoms with van der Waals surface area (Å²) in [5, 5.41) is 3.64. The SMILES string of the molecule is O=C(CCBr)NCC1CC1. The molecule has 1 N–H and O–H groups in total. The maximum Gasteiger partial charge on any atom is 0.220 e. The van der Waals surface area contributed by atoms with Crippen LogP contribution in [0.2, 0.25) is 0 Å². The van der Waals surface area contributed by atoms with Crippen molar-refractivity contribution in [2.45, 2.75) is 19.3 Å². The van der Waals surface area contributed by atoms with Crippen LogP contribution >= 0.6 is 15.9 Å². The van der Waals surface area contributed by atoms with Crippen molar-refractivity contribution in [1.82, 2.24) is 5.32 Å². The first-order chi connectivity index (χ1) is 4.83. The van der Waals surface area contributed by atoms with E-state index < -0.39 is 0 Å². The summed E-state index contributed by atoms with van der Waals surface area (Å²) in [6, 6.07) is 0. The van der Waals surface area contributed by atoms with Crippen molar-refractivity contribution in [3.05, 3.63) is 0 Å². The quantitative estimate of drug-likeness (QED) is 0.690. The summed E-state index contributed by atoms with van der Waals surface area (Å²) in [7, 11) is 0. The van der Waals surface area contributed by atoms with E-state index in [1.807, 2.05) is 0 Å². The average Bonchev–Trinajstić information content (AvgIpc) is 2.67. The van der Waals surface area contributed by atoms with E-state index in [0.29, 0.717) is 6.42 Å². The molecule has 58 valence electrons. The zero-order valence-electron chi connectivity index (χ0n) is 5.90. The van der Waals surface area contributed by atoms with E-state index >= 15 is 0 Å². The summed E-state index contributed by atoms with van der Waals surface area (Å²) in [6.45, 7) is 0.895. The van der Waals surface area contributed by atoms with Crippen LogP contribution in [0.3, 0.4) is 0 Å². The van der Waals surface area contributed by atoms with Crippen LogP contribution in [0, 0.1) is 5.92 Å². The van der Waals surface area contributed by atoms with E-state index in [2.05, 4.69) is 21.2 Å². The van der Waals surface area contributed by atoms with Crippen molar-refractivity contribution < 1.29 is 4.79 Å². The highest BCUT2D eigenvalue weighted by Crippen LogP contribution is 2.27. The minimum atomic E-state index is 0.170. The lowest BCUT2D eigenvalue weighted by molar-refractivity contribution is -0.120. The smallest absolute Gasteiger partial charge is 0.220 e. The summed E-state index contributed by atoms with van der Waals surface area (Å²) in [4.78, 5) is 10.8. The van der Waals surface area contributed by atoms with E-state index in [9.17, 15) is 4.79 Å². The number of hydrogen-bond donors (Lipinski definition) is 1. The molecule has 10 heavy (non-hydrogen) atoms. The third-order valence-electron chi connectivity index (χ3n) is 1.61. The van der Waals surface area contributed by atoms with Gasteiger partial charge in [-0.2, -0.15) is 0 Å². The average molecular weight is 206 g/mol. The zero-order chi connectivity index (χ0) is 7.40. The minimum Gasteiger partial charge on any atom is -0.356 e. The van der Waals surface area contributed by atoms with Crippen molar-refractivity contribution in [1.29, 1.82) is 0 Å². The second-order valence-corrected chi connectivity index (χ2v) is 3.48. The van der Waals surface area contributed by atoms with Crippen LogP contribution in [0.15, 0.2) is 0 Å². The maximum absolute atomic E-state index is 10.8. The molecular weight excluding hydrogens is 194 g/mol. The first kappa shape index (κ1) is 8.05. The van der Waals surface area contributed by atoms with Gasteiger partial charge in [-0.25, -0.2) is 0 Å². The van der Waals surface area contributed by atoms with Crippen molar-refractivity contribution >= 4 is 21.8 Å². The van der Waals surface area contributed by atoms with E-state index in [1.54, 1.807) is 0 Å². The predicted octanol–water partition coefficient (Wildman–Crippen LogP) is 1.30. The fraction of sp³-hybridized carbons (Fsp3) is 0.857. The molecule has 2 nitrogen and oxygen atoms in total. The predicted molar refractivity (Wildman–Crippen MR) is 44.1 cm³/mol. The highest BCUT2D eigenvalue weighted by Gasteiger charge is 2.21. The Labute approximate surface area is 69.5 Å². The second kappa shape index (κ2) is 3.96. The van der Waals surface area contributed by atoms with Gasteiger partial charge in [0, 0.05) is 18.3 Å². The Morgan fingerprint density at radius 1 is 1.60 bits per heavy atom. The highest BCUT2D eigenvalue weighted by atomic mass is 79.9. The Hall–Kier alpha value is -0.0500. The summed E-state index contributed by atoms with van der Waals surface area (Å²) < 4.78 is 0. The first-order valence-corrected chi connectivity index (χ1v) is 4.77. The van der Waals surface area contributed by atoms with E-state index in [1.165, 1.54) is 12.8 Å². The van der Waals surface area contributed by atoms with Crippen LogP contribution in [0.5, 0.6) is 0 Å². The third-order valence-corrected chi connectivity index (χ3v) is 2.00. The molecule has 0 unspecified atom stereocenters. The molecule has 0 bridgehead atoms. The molecule has 1 rings (SSSR count). The summed E-state index contributed by atoms with van der Waals surface area (Å²) >= 11 is 3.21. The van der Waals surface area contributed by atoms with Crippen LogP contribution < -0.4 is 5.32 Å². The number of alkyl halides is 1. The number of hydrogen-bond acceptors (Lipinski definition) is 1. The van der Waals surface area contributed by atoms with Gasteiger partial charge >= 0.3 is 0 Å². The molecule has 0 spiro atoms. The van der Waals surface area contributed by atoms with Crippen molar-refractivity contribution in [2.75, 3.05) is 11.9 Å². The monoisotopic (exact) mass is 205 g/mol. The van der Waals surface area contributed by atoms with Crippen LogP contribution in [-0.4, -0.2) is 17.8 Å². The molecule has 0 saturated heterocycles. The minimum absolute atomic E-state index is 0.170. The van der Waals surface area contributed by atoms with E-state index in [0.717, 1.165) is 17.8 Å². The number of nitrogens with one attached hydrogen (secondary N) is 1.